The van der Waals surface area contributed by atoms with Crippen LogP contribution in [0.5, 0.6) is 5.75 Å². The Morgan fingerprint density at radius 1 is 1.26 bits per heavy atom. The van der Waals surface area contributed by atoms with Gasteiger partial charge in [-0.05, 0) is 31.7 Å². The van der Waals surface area contributed by atoms with Crippen LogP contribution in [0.4, 0.5) is 5.69 Å². The van der Waals surface area contributed by atoms with Crippen molar-refractivity contribution in [3.63, 3.8) is 0 Å². The molecule has 0 amide bonds. The predicted octanol–water partition coefficient (Wildman–Crippen LogP) is 2.65. The van der Waals surface area contributed by atoms with Gasteiger partial charge in [0.05, 0.1) is 11.0 Å². The maximum atomic E-state index is 10.7. The van der Waals surface area contributed by atoms with E-state index in [0.717, 1.165) is 12.8 Å². The van der Waals surface area contributed by atoms with Gasteiger partial charge in [0.25, 0.3) is 5.69 Å². The fourth-order valence-corrected chi connectivity index (χ4v) is 3.17. The first kappa shape index (κ1) is 12.4. The minimum absolute atomic E-state index is 0.0895. The summed E-state index contributed by atoms with van der Waals surface area (Å²) in [7, 11) is 0. The summed E-state index contributed by atoms with van der Waals surface area (Å²) >= 11 is 0. The van der Waals surface area contributed by atoms with E-state index < -0.39 is 0 Å². The molecule has 0 spiro atoms. The molecule has 5 heteroatoms. The number of nitrogens with one attached hydrogen (secondary N) is 1. The second kappa shape index (κ2) is 5.17. The van der Waals surface area contributed by atoms with Crippen molar-refractivity contribution in [2.24, 2.45) is 0 Å². The smallest absolute Gasteiger partial charge is 0.273 e. The lowest BCUT2D eigenvalue weighted by atomic mass is 9.85. The van der Waals surface area contributed by atoms with Crippen LogP contribution in [0.3, 0.4) is 0 Å². The van der Waals surface area contributed by atoms with Crippen LogP contribution in [-0.4, -0.2) is 23.1 Å². The molecule has 2 bridgehead atoms. The molecule has 2 aliphatic heterocycles. The molecular weight excluding hydrogens is 244 g/mol. The summed E-state index contributed by atoms with van der Waals surface area (Å²) < 4.78 is 5.94. The summed E-state index contributed by atoms with van der Waals surface area (Å²) in [6, 6.07) is 7.58. The number of piperidine rings is 2. The first-order chi connectivity index (χ1) is 9.20. The van der Waals surface area contributed by atoms with E-state index in [9.17, 15) is 10.1 Å². The molecule has 3 rings (SSSR count). The van der Waals surface area contributed by atoms with Gasteiger partial charge < -0.3 is 10.1 Å². The zero-order valence-corrected chi connectivity index (χ0v) is 10.7. The summed E-state index contributed by atoms with van der Waals surface area (Å²) in [5.74, 6) is 0.610. The fraction of sp³-hybridized carbons (Fsp3) is 0.571. The molecule has 1 aromatic carbocycles. The number of fused-ring (bicyclic) bond motifs is 2. The maximum Gasteiger partial charge on any atom is 0.273 e. The Balaban J connectivity index is 1.68. The maximum absolute atomic E-state index is 10.7. The van der Waals surface area contributed by atoms with E-state index in [-0.39, 0.29) is 16.7 Å². The van der Waals surface area contributed by atoms with Gasteiger partial charge in [0.2, 0.25) is 0 Å². The molecule has 1 aromatic rings. The molecule has 102 valence electrons. The highest BCUT2D eigenvalue weighted by Crippen LogP contribution is 2.29. The predicted molar refractivity (Wildman–Crippen MR) is 71.3 cm³/mol. The van der Waals surface area contributed by atoms with Crippen LogP contribution in [0, 0.1) is 10.1 Å². The Morgan fingerprint density at radius 3 is 2.68 bits per heavy atom. The van der Waals surface area contributed by atoms with Crippen molar-refractivity contribution < 1.29 is 9.66 Å². The number of rotatable bonds is 3. The lowest BCUT2D eigenvalue weighted by Gasteiger charge is -2.40. The second-order valence-electron chi connectivity index (χ2n) is 5.46. The Bertz CT molecular complexity index is 466. The Morgan fingerprint density at radius 2 is 2.00 bits per heavy atom. The van der Waals surface area contributed by atoms with Crippen LogP contribution in [0.15, 0.2) is 24.3 Å². The second-order valence-corrected chi connectivity index (χ2v) is 5.46. The molecule has 0 aromatic heterocycles. The van der Waals surface area contributed by atoms with Gasteiger partial charge in [0.1, 0.15) is 11.9 Å². The van der Waals surface area contributed by atoms with E-state index in [4.69, 9.17) is 4.74 Å². The number of benzene rings is 1. The summed E-state index contributed by atoms with van der Waals surface area (Å²) in [5, 5.41) is 14.4. The zero-order valence-electron chi connectivity index (χ0n) is 10.7. The molecule has 0 saturated carbocycles. The summed E-state index contributed by atoms with van der Waals surface area (Å²) in [6.45, 7) is 0. The van der Waals surface area contributed by atoms with Gasteiger partial charge in [0, 0.05) is 18.2 Å². The number of ether oxygens (including phenoxy) is 1. The number of hydrogen-bond donors (Lipinski definition) is 1. The van der Waals surface area contributed by atoms with Crippen LogP contribution < -0.4 is 10.1 Å². The van der Waals surface area contributed by atoms with Gasteiger partial charge in [-0.2, -0.15) is 0 Å². The average Bonchev–Trinajstić information content (AvgIpc) is 2.38. The van der Waals surface area contributed by atoms with Crippen LogP contribution in [0.2, 0.25) is 0 Å². The van der Waals surface area contributed by atoms with E-state index in [0.29, 0.717) is 17.8 Å². The lowest BCUT2D eigenvalue weighted by Crippen LogP contribution is -2.51. The molecule has 2 heterocycles. The topological polar surface area (TPSA) is 64.4 Å². The third-order valence-electron chi connectivity index (χ3n) is 4.00. The van der Waals surface area contributed by atoms with Gasteiger partial charge in [-0.1, -0.05) is 12.5 Å². The molecule has 1 unspecified atom stereocenters. The van der Waals surface area contributed by atoms with E-state index in [1.54, 1.807) is 12.1 Å². The molecule has 2 fully saturated rings. The molecular formula is C14H18N2O3. The van der Waals surface area contributed by atoms with Crippen molar-refractivity contribution in [3.8, 4) is 5.75 Å². The van der Waals surface area contributed by atoms with Gasteiger partial charge in [-0.25, -0.2) is 0 Å². The standard InChI is InChI=1S/C14H18N2O3/c17-16(18)12-5-2-6-13(9-12)19-14-7-10-3-1-4-11(8-14)15-10/h2,5-6,9-11,14-15H,1,3-4,7-8H2/t10-,11+,14?. The number of nitrogens with zero attached hydrogens (tertiary/aromatic N) is 1. The number of nitro benzene ring substituents is 1. The van der Waals surface area contributed by atoms with Gasteiger partial charge in [-0.15, -0.1) is 0 Å². The minimum atomic E-state index is -0.385. The van der Waals surface area contributed by atoms with E-state index >= 15 is 0 Å². The van der Waals surface area contributed by atoms with Crippen molar-refractivity contribution in [2.75, 3.05) is 0 Å². The SMILES string of the molecule is O=[N+]([O-])c1cccc(OC2C[C@H]3CCC[C@@H](C2)N3)c1. The van der Waals surface area contributed by atoms with E-state index in [1.165, 1.54) is 31.4 Å². The third-order valence-corrected chi connectivity index (χ3v) is 4.00. The van der Waals surface area contributed by atoms with Crippen LogP contribution in [0.1, 0.15) is 32.1 Å². The van der Waals surface area contributed by atoms with Crippen LogP contribution in [-0.2, 0) is 0 Å². The van der Waals surface area contributed by atoms with E-state index in [1.807, 2.05) is 0 Å². The quantitative estimate of drug-likeness (QED) is 0.672. The first-order valence-electron chi connectivity index (χ1n) is 6.88. The highest BCUT2D eigenvalue weighted by atomic mass is 16.6. The minimum Gasteiger partial charge on any atom is -0.490 e. The largest absolute Gasteiger partial charge is 0.490 e. The molecule has 3 atom stereocenters. The van der Waals surface area contributed by atoms with Crippen molar-refractivity contribution in [1.82, 2.24) is 5.32 Å². The highest BCUT2D eigenvalue weighted by Gasteiger charge is 2.32. The molecule has 0 radical (unpaired) electrons. The van der Waals surface area contributed by atoms with E-state index in [2.05, 4.69) is 5.32 Å². The summed E-state index contributed by atoms with van der Waals surface area (Å²) in [4.78, 5) is 10.4. The van der Waals surface area contributed by atoms with Crippen LogP contribution in [0.25, 0.3) is 0 Å². The Kier molecular flexibility index (Phi) is 3.38. The molecule has 2 saturated heterocycles. The monoisotopic (exact) mass is 262 g/mol. The average molecular weight is 262 g/mol. The lowest BCUT2D eigenvalue weighted by molar-refractivity contribution is -0.384. The highest BCUT2D eigenvalue weighted by molar-refractivity contribution is 5.38. The molecule has 0 aliphatic carbocycles. The molecule has 1 N–H and O–H groups in total. The van der Waals surface area contributed by atoms with Gasteiger partial charge in [-0.3, -0.25) is 10.1 Å². The normalized spacial score (nSPS) is 29.8. The molecule has 2 aliphatic rings. The zero-order chi connectivity index (χ0) is 13.2. The van der Waals surface area contributed by atoms with Crippen molar-refractivity contribution in [2.45, 2.75) is 50.3 Å². The number of hydrogen-bond acceptors (Lipinski definition) is 4. The molecule has 5 nitrogen and oxygen atoms in total. The molecule has 19 heavy (non-hydrogen) atoms. The van der Waals surface area contributed by atoms with Crippen molar-refractivity contribution >= 4 is 5.69 Å². The summed E-state index contributed by atoms with van der Waals surface area (Å²) in [6.07, 6.45) is 5.90. The number of non-ortho nitro benzene ring substituents is 1. The van der Waals surface area contributed by atoms with Crippen molar-refractivity contribution in [1.29, 1.82) is 0 Å². The van der Waals surface area contributed by atoms with Gasteiger partial charge >= 0.3 is 0 Å². The Hall–Kier alpha value is -1.62. The fourth-order valence-electron chi connectivity index (χ4n) is 3.17. The first-order valence-corrected chi connectivity index (χ1v) is 6.88. The summed E-state index contributed by atoms with van der Waals surface area (Å²) in [5.41, 5.74) is 0.0895. The Labute approximate surface area is 112 Å². The van der Waals surface area contributed by atoms with Crippen LogP contribution >= 0.6 is 0 Å². The van der Waals surface area contributed by atoms with Gasteiger partial charge in [0.15, 0.2) is 0 Å². The third kappa shape index (κ3) is 2.87. The number of nitro groups is 1. The van der Waals surface area contributed by atoms with Crippen molar-refractivity contribution in [3.05, 3.63) is 34.4 Å².